The van der Waals surface area contributed by atoms with Gasteiger partial charge in [0.2, 0.25) is 0 Å². The molecule has 0 amide bonds. The molecule has 0 spiro atoms. The molecule has 0 aliphatic heterocycles. The van der Waals surface area contributed by atoms with E-state index < -0.39 is 26.8 Å². The third kappa shape index (κ3) is 2.98. The lowest BCUT2D eigenvalue weighted by Gasteiger charge is -2.18. The van der Waals surface area contributed by atoms with Crippen molar-refractivity contribution < 1.29 is 18.3 Å². The van der Waals surface area contributed by atoms with Crippen molar-refractivity contribution in [2.75, 3.05) is 13.6 Å². The third-order valence-corrected chi connectivity index (χ3v) is 5.78. The highest BCUT2D eigenvalue weighted by atomic mass is 32.2. The number of nitrogens with zero attached hydrogens (tertiary/aromatic N) is 1. The standard InChI is InChI=1S/C9H14N2O5S2/c1-5(7(12)13)4-11(3)18(15,16)8-6(2)10-9(14)17-8/h5H,4H2,1-3H3,(H,10,14)(H,12,13). The Balaban J connectivity index is 3.04. The fourth-order valence-corrected chi connectivity index (χ4v) is 4.09. The Bertz CT molecular complexity index is 601. The number of aliphatic carboxylic acids is 1. The first-order valence-electron chi connectivity index (χ1n) is 5.05. The summed E-state index contributed by atoms with van der Waals surface area (Å²) in [6, 6.07) is 0. The maximum atomic E-state index is 12.1. The lowest BCUT2D eigenvalue weighted by Crippen LogP contribution is -2.33. The fourth-order valence-electron chi connectivity index (χ4n) is 1.34. The number of aromatic nitrogens is 1. The van der Waals surface area contributed by atoms with Crippen LogP contribution in [0.25, 0.3) is 0 Å². The van der Waals surface area contributed by atoms with Crippen molar-refractivity contribution in [3.63, 3.8) is 0 Å². The van der Waals surface area contributed by atoms with Crippen LogP contribution in [0.3, 0.4) is 0 Å². The minimum absolute atomic E-state index is 0.0763. The summed E-state index contributed by atoms with van der Waals surface area (Å²) < 4.78 is 25.1. The van der Waals surface area contributed by atoms with Gasteiger partial charge < -0.3 is 10.1 Å². The van der Waals surface area contributed by atoms with Crippen molar-refractivity contribution >= 4 is 27.3 Å². The van der Waals surface area contributed by atoms with E-state index >= 15 is 0 Å². The molecule has 0 saturated heterocycles. The van der Waals surface area contributed by atoms with Crippen molar-refractivity contribution in [1.82, 2.24) is 9.29 Å². The Kier molecular flexibility index (Phi) is 4.30. The summed E-state index contributed by atoms with van der Waals surface area (Å²) >= 11 is 0.597. The number of thiazole rings is 1. The average Bonchev–Trinajstić information content (AvgIpc) is 2.57. The zero-order chi connectivity index (χ0) is 14.1. The minimum Gasteiger partial charge on any atom is -0.481 e. The number of rotatable bonds is 5. The van der Waals surface area contributed by atoms with Gasteiger partial charge in [0, 0.05) is 19.3 Å². The van der Waals surface area contributed by atoms with Gasteiger partial charge >= 0.3 is 10.8 Å². The Hall–Kier alpha value is -1.19. The highest BCUT2D eigenvalue weighted by Gasteiger charge is 2.28. The maximum Gasteiger partial charge on any atom is 0.307 e. The van der Waals surface area contributed by atoms with E-state index in [0.717, 1.165) is 4.31 Å². The predicted molar refractivity (Wildman–Crippen MR) is 66.3 cm³/mol. The molecule has 0 aromatic carbocycles. The van der Waals surface area contributed by atoms with E-state index in [9.17, 15) is 18.0 Å². The second-order valence-electron chi connectivity index (χ2n) is 3.95. The summed E-state index contributed by atoms with van der Waals surface area (Å²) in [6.45, 7) is 2.75. The van der Waals surface area contributed by atoms with Crippen LogP contribution in [0.2, 0.25) is 0 Å². The lowest BCUT2D eigenvalue weighted by atomic mass is 10.2. The van der Waals surface area contributed by atoms with E-state index in [2.05, 4.69) is 4.98 Å². The number of carboxylic acid groups (broad SMARTS) is 1. The largest absolute Gasteiger partial charge is 0.481 e. The van der Waals surface area contributed by atoms with Crippen molar-refractivity contribution in [3.05, 3.63) is 15.4 Å². The van der Waals surface area contributed by atoms with Gasteiger partial charge in [0.1, 0.15) is 0 Å². The second kappa shape index (κ2) is 5.21. The maximum absolute atomic E-state index is 12.1. The number of carbonyl (C=O) groups is 1. The minimum atomic E-state index is -3.82. The number of aromatic amines is 1. The van der Waals surface area contributed by atoms with E-state index in [1.165, 1.54) is 20.9 Å². The van der Waals surface area contributed by atoms with Crippen LogP contribution < -0.4 is 4.87 Å². The van der Waals surface area contributed by atoms with Gasteiger partial charge in [-0.3, -0.25) is 9.59 Å². The van der Waals surface area contributed by atoms with E-state index in [1.807, 2.05) is 0 Å². The quantitative estimate of drug-likeness (QED) is 0.800. The third-order valence-electron chi connectivity index (χ3n) is 2.38. The molecule has 1 unspecified atom stereocenters. The normalized spacial score (nSPS) is 13.8. The summed E-state index contributed by atoms with van der Waals surface area (Å²) in [7, 11) is -2.53. The van der Waals surface area contributed by atoms with Gasteiger partial charge in [-0.05, 0) is 6.92 Å². The van der Waals surface area contributed by atoms with Gasteiger partial charge in [0.15, 0.2) is 4.21 Å². The average molecular weight is 294 g/mol. The molecule has 7 nitrogen and oxygen atoms in total. The molecule has 1 atom stereocenters. The summed E-state index contributed by atoms with van der Waals surface area (Å²) in [6.07, 6.45) is 0. The van der Waals surface area contributed by atoms with Crippen LogP contribution >= 0.6 is 11.3 Å². The molecule has 1 heterocycles. The van der Waals surface area contributed by atoms with E-state index in [-0.39, 0.29) is 16.4 Å². The first kappa shape index (κ1) is 14.9. The zero-order valence-corrected chi connectivity index (χ0v) is 11.8. The molecule has 1 rings (SSSR count). The van der Waals surface area contributed by atoms with Crippen molar-refractivity contribution in [3.8, 4) is 0 Å². The topological polar surface area (TPSA) is 108 Å². The van der Waals surface area contributed by atoms with E-state index in [1.54, 1.807) is 0 Å². The number of hydrogen-bond acceptors (Lipinski definition) is 5. The van der Waals surface area contributed by atoms with Crippen molar-refractivity contribution in [1.29, 1.82) is 0 Å². The highest BCUT2D eigenvalue weighted by Crippen LogP contribution is 2.20. The second-order valence-corrected chi connectivity index (χ2v) is 7.18. The SMILES string of the molecule is Cc1[nH]c(=O)sc1S(=O)(=O)N(C)CC(C)C(=O)O. The van der Waals surface area contributed by atoms with E-state index in [4.69, 9.17) is 5.11 Å². The molecule has 1 aromatic heterocycles. The Labute approximate surface area is 108 Å². The Morgan fingerprint density at radius 1 is 1.56 bits per heavy atom. The highest BCUT2D eigenvalue weighted by molar-refractivity contribution is 7.91. The van der Waals surface area contributed by atoms with Gasteiger partial charge in [0.05, 0.1) is 5.92 Å². The van der Waals surface area contributed by atoms with Gasteiger partial charge in [-0.25, -0.2) is 8.42 Å². The summed E-state index contributed by atoms with van der Waals surface area (Å²) in [5.74, 6) is -1.89. The Morgan fingerprint density at radius 3 is 2.50 bits per heavy atom. The van der Waals surface area contributed by atoms with Crippen LogP contribution in [0.4, 0.5) is 0 Å². The number of sulfonamides is 1. The van der Waals surface area contributed by atoms with Gasteiger partial charge in [-0.15, -0.1) is 0 Å². The molecule has 2 N–H and O–H groups in total. The summed E-state index contributed by atoms with van der Waals surface area (Å²) in [4.78, 5) is 23.7. The Morgan fingerprint density at radius 2 is 2.11 bits per heavy atom. The first-order chi connectivity index (χ1) is 8.16. The molecular weight excluding hydrogens is 280 g/mol. The van der Waals surface area contributed by atoms with Crippen LogP contribution in [0.5, 0.6) is 0 Å². The van der Waals surface area contributed by atoms with Gasteiger partial charge in [-0.1, -0.05) is 18.3 Å². The number of hydrogen-bond donors (Lipinski definition) is 2. The molecule has 0 saturated carbocycles. The number of aryl methyl sites for hydroxylation is 1. The smallest absolute Gasteiger partial charge is 0.307 e. The summed E-state index contributed by atoms with van der Waals surface area (Å²) in [5, 5.41) is 8.75. The zero-order valence-electron chi connectivity index (χ0n) is 10.1. The molecule has 0 bridgehead atoms. The molecule has 102 valence electrons. The van der Waals surface area contributed by atoms with Crippen molar-refractivity contribution in [2.45, 2.75) is 18.1 Å². The monoisotopic (exact) mass is 294 g/mol. The molecule has 0 radical (unpaired) electrons. The van der Waals surface area contributed by atoms with Crippen LogP contribution in [-0.2, 0) is 14.8 Å². The molecule has 0 fully saturated rings. The molecule has 18 heavy (non-hydrogen) atoms. The number of carboxylic acids is 1. The first-order valence-corrected chi connectivity index (χ1v) is 7.30. The number of nitrogens with one attached hydrogen (secondary N) is 1. The van der Waals surface area contributed by atoms with Crippen LogP contribution in [0.1, 0.15) is 12.6 Å². The molecule has 9 heteroatoms. The molecular formula is C9H14N2O5S2. The van der Waals surface area contributed by atoms with Crippen LogP contribution in [-0.4, -0.2) is 42.4 Å². The predicted octanol–water partition coefficient (Wildman–Crippen LogP) is 0.0860. The van der Waals surface area contributed by atoms with E-state index in [0.29, 0.717) is 11.3 Å². The molecule has 0 aliphatic rings. The fraction of sp³-hybridized carbons (Fsp3) is 0.556. The van der Waals surface area contributed by atoms with Crippen LogP contribution in [0, 0.1) is 12.8 Å². The lowest BCUT2D eigenvalue weighted by molar-refractivity contribution is -0.141. The van der Waals surface area contributed by atoms with Gasteiger partial charge in [0.25, 0.3) is 10.0 Å². The van der Waals surface area contributed by atoms with Gasteiger partial charge in [-0.2, -0.15) is 4.31 Å². The molecule has 1 aromatic rings. The van der Waals surface area contributed by atoms with Crippen LogP contribution in [0.15, 0.2) is 9.00 Å². The molecule has 0 aliphatic carbocycles. The van der Waals surface area contributed by atoms with Crippen molar-refractivity contribution in [2.24, 2.45) is 5.92 Å². The number of H-pyrrole nitrogens is 1. The summed E-state index contributed by atoms with van der Waals surface area (Å²) in [5.41, 5.74) is 0.264.